The van der Waals surface area contributed by atoms with Gasteiger partial charge in [-0.3, -0.25) is 14.6 Å². The number of carbonyl (C=O) groups excluding carboxylic acids is 2. The maximum absolute atomic E-state index is 13.1. The van der Waals surface area contributed by atoms with Gasteiger partial charge in [-0.25, -0.2) is 4.90 Å². The summed E-state index contributed by atoms with van der Waals surface area (Å²) in [6, 6.07) is 11.3. The van der Waals surface area contributed by atoms with E-state index in [0.29, 0.717) is 11.5 Å². The minimum atomic E-state index is -0.874. The van der Waals surface area contributed by atoms with Crippen LogP contribution in [0.2, 0.25) is 0 Å². The Balaban J connectivity index is 1.37. The summed E-state index contributed by atoms with van der Waals surface area (Å²) >= 11 is 3.42. The average molecular weight is 481 g/mol. The number of aromatic nitrogens is 2. The summed E-state index contributed by atoms with van der Waals surface area (Å²) in [6.07, 6.45) is 0. The number of hydrogen-bond donors (Lipinski definition) is 0. The molecule has 0 spiro atoms. The van der Waals surface area contributed by atoms with Gasteiger partial charge < -0.3 is 4.52 Å². The number of amides is 2. The lowest BCUT2D eigenvalue weighted by molar-refractivity contribution is -0.123. The Morgan fingerprint density at radius 1 is 1.06 bits per heavy atom. The van der Waals surface area contributed by atoms with E-state index in [4.69, 9.17) is 4.52 Å². The van der Waals surface area contributed by atoms with E-state index in [0.717, 1.165) is 21.2 Å². The van der Waals surface area contributed by atoms with Gasteiger partial charge in [0.25, 0.3) is 11.8 Å². The Labute approximate surface area is 185 Å². The average Bonchev–Trinajstić information content (AvgIpc) is 3.43. The predicted molar refractivity (Wildman–Crippen MR) is 114 cm³/mol. The number of aryl methyl sites for hydroxylation is 2. The van der Waals surface area contributed by atoms with Gasteiger partial charge in [0.2, 0.25) is 11.7 Å². The van der Waals surface area contributed by atoms with E-state index in [1.165, 1.54) is 9.91 Å². The highest BCUT2D eigenvalue weighted by Gasteiger charge is 2.55. The van der Waals surface area contributed by atoms with Gasteiger partial charge in [-0.2, -0.15) is 10.1 Å². The molecule has 31 heavy (non-hydrogen) atoms. The van der Waals surface area contributed by atoms with Crippen LogP contribution in [0.25, 0.3) is 11.4 Å². The Hall–Kier alpha value is -3.40. The van der Waals surface area contributed by atoms with E-state index in [9.17, 15) is 9.59 Å². The van der Waals surface area contributed by atoms with Crippen LogP contribution in [-0.2, 0) is 16.1 Å². The number of nitrogens with zero attached hydrogens (tertiary/aromatic N) is 6. The Morgan fingerprint density at radius 3 is 2.68 bits per heavy atom. The lowest BCUT2D eigenvalue weighted by Gasteiger charge is -2.19. The zero-order valence-electron chi connectivity index (χ0n) is 16.7. The van der Waals surface area contributed by atoms with E-state index < -0.39 is 12.1 Å². The standard InChI is InChI=1S/C21H17BrN6O3/c1-11-6-7-15(8-12(11)2)28-20(29)17-18(21(28)30)27(26-24-17)10-16-23-19(25-31-16)13-4-3-5-14(22)9-13/h3-9,17-18H,10H2,1-2H3/t17-,18-/m1/s1. The first kappa shape index (κ1) is 19.6. The molecule has 0 radical (unpaired) electrons. The summed E-state index contributed by atoms with van der Waals surface area (Å²) in [5.74, 6) is -0.0474. The van der Waals surface area contributed by atoms with Gasteiger partial charge in [0.05, 0.1) is 5.69 Å². The maximum atomic E-state index is 13.1. The molecular weight excluding hydrogens is 464 g/mol. The molecule has 0 bridgehead atoms. The normalized spacial score (nSPS) is 20.1. The van der Waals surface area contributed by atoms with Crippen LogP contribution in [-0.4, -0.2) is 39.0 Å². The van der Waals surface area contributed by atoms with Crippen molar-refractivity contribution in [3.8, 4) is 11.4 Å². The Bertz CT molecular complexity index is 1240. The van der Waals surface area contributed by atoms with Crippen LogP contribution >= 0.6 is 15.9 Å². The summed E-state index contributed by atoms with van der Waals surface area (Å²) in [5, 5.41) is 13.5. The first-order chi connectivity index (χ1) is 14.9. The molecule has 1 aromatic heterocycles. The highest BCUT2D eigenvalue weighted by Crippen LogP contribution is 2.33. The van der Waals surface area contributed by atoms with Crippen LogP contribution in [0.15, 0.2) is 61.8 Å². The van der Waals surface area contributed by atoms with Gasteiger partial charge in [0.1, 0.15) is 6.54 Å². The number of rotatable bonds is 4. The van der Waals surface area contributed by atoms with Gasteiger partial charge >= 0.3 is 0 Å². The van der Waals surface area contributed by atoms with Crippen molar-refractivity contribution >= 4 is 33.4 Å². The van der Waals surface area contributed by atoms with Gasteiger partial charge in [-0.05, 0) is 49.2 Å². The van der Waals surface area contributed by atoms with E-state index in [-0.39, 0.29) is 24.2 Å². The third-order valence-corrected chi connectivity index (χ3v) is 5.95. The summed E-state index contributed by atoms with van der Waals surface area (Å²) in [7, 11) is 0. The van der Waals surface area contributed by atoms with Crippen LogP contribution in [0.4, 0.5) is 5.69 Å². The number of carbonyl (C=O) groups is 2. The first-order valence-electron chi connectivity index (χ1n) is 9.63. The molecule has 2 aromatic carbocycles. The molecule has 9 nitrogen and oxygen atoms in total. The molecule has 2 amide bonds. The molecule has 0 aliphatic carbocycles. The fraction of sp³-hybridized carbons (Fsp3) is 0.238. The molecule has 0 saturated carbocycles. The van der Waals surface area contributed by atoms with Crippen molar-refractivity contribution in [2.24, 2.45) is 10.3 Å². The molecule has 3 aromatic rings. The van der Waals surface area contributed by atoms with E-state index in [1.807, 2.05) is 50.2 Å². The number of benzene rings is 2. The van der Waals surface area contributed by atoms with Crippen molar-refractivity contribution in [3.63, 3.8) is 0 Å². The molecule has 2 atom stereocenters. The van der Waals surface area contributed by atoms with Crippen molar-refractivity contribution in [1.29, 1.82) is 0 Å². The summed E-state index contributed by atoms with van der Waals surface area (Å²) in [6.45, 7) is 3.99. The highest BCUT2D eigenvalue weighted by atomic mass is 79.9. The molecule has 1 fully saturated rings. The molecule has 3 heterocycles. The van der Waals surface area contributed by atoms with Gasteiger partial charge in [0.15, 0.2) is 12.1 Å². The largest absolute Gasteiger partial charge is 0.337 e. The fourth-order valence-electron chi connectivity index (χ4n) is 3.68. The topological polar surface area (TPSA) is 104 Å². The van der Waals surface area contributed by atoms with Gasteiger partial charge in [-0.1, -0.05) is 44.5 Å². The van der Waals surface area contributed by atoms with Crippen LogP contribution in [0.5, 0.6) is 0 Å². The molecule has 2 aliphatic heterocycles. The van der Waals surface area contributed by atoms with Crippen molar-refractivity contribution in [3.05, 3.63) is 64.0 Å². The summed E-state index contributed by atoms with van der Waals surface area (Å²) in [4.78, 5) is 31.6. The SMILES string of the molecule is Cc1ccc(N2C(=O)[C@@H]3N=NN(Cc4nc(-c5cccc(Br)c5)no4)[C@H]3C2=O)cc1C. The lowest BCUT2D eigenvalue weighted by atomic mass is 10.1. The second kappa shape index (κ2) is 7.38. The van der Waals surface area contributed by atoms with Gasteiger partial charge in [0, 0.05) is 10.0 Å². The first-order valence-corrected chi connectivity index (χ1v) is 10.4. The minimum absolute atomic E-state index is 0.0749. The van der Waals surface area contributed by atoms with Crippen LogP contribution in [0.3, 0.4) is 0 Å². The Kier molecular flexibility index (Phi) is 4.66. The predicted octanol–water partition coefficient (Wildman–Crippen LogP) is 3.61. The van der Waals surface area contributed by atoms with Crippen LogP contribution < -0.4 is 4.90 Å². The molecule has 156 valence electrons. The number of anilines is 1. The zero-order valence-corrected chi connectivity index (χ0v) is 18.3. The van der Waals surface area contributed by atoms with Crippen LogP contribution in [0.1, 0.15) is 17.0 Å². The molecule has 10 heteroatoms. The summed E-state index contributed by atoms with van der Waals surface area (Å²) in [5.41, 5.74) is 3.41. The van der Waals surface area contributed by atoms with Crippen molar-refractivity contribution in [1.82, 2.24) is 15.1 Å². The van der Waals surface area contributed by atoms with Crippen molar-refractivity contribution < 1.29 is 14.1 Å². The molecule has 5 rings (SSSR count). The minimum Gasteiger partial charge on any atom is -0.337 e. The second-order valence-corrected chi connectivity index (χ2v) is 8.41. The quantitative estimate of drug-likeness (QED) is 0.528. The molecule has 0 N–H and O–H groups in total. The van der Waals surface area contributed by atoms with E-state index in [2.05, 4.69) is 36.4 Å². The monoisotopic (exact) mass is 480 g/mol. The lowest BCUT2D eigenvalue weighted by Crippen LogP contribution is -2.39. The third kappa shape index (κ3) is 3.32. The molecule has 2 aliphatic rings. The number of hydrogen-bond acceptors (Lipinski definition) is 8. The van der Waals surface area contributed by atoms with Crippen molar-refractivity contribution in [2.75, 3.05) is 4.90 Å². The maximum Gasteiger partial charge on any atom is 0.263 e. The molecular formula is C21H17BrN6O3. The zero-order chi connectivity index (χ0) is 21.7. The molecule has 0 unspecified atom stereocenters. The van der Waals surface area contributed by atoms with E-state index >= 15 is 0 Å². The third-order valence-electron chi connectivity index (χ3n) is 5.45. The Morgan fingerprint density at radius 2 is 1.90 bits per heavy atom. The highest BCUT2D eigenvalue weighted by molar-refractivity contribution is 9.10. The number of imide groups is 1. The van der Waals surface area contributed by atoms with E-state index in [1.54, 1.807) is 6.07 Å². The van der Waals surface area contributed by atoms with Crippen LogP contribution in [0, 0.1) is 13.8 Å². The second-order valence-electron chi connectivity index (χ2n) is 7.49. The fourth-order valence-corrected chi connectivity index (χ4v) is 4.07. The number of halogens is 1. The smallest absolute Gasteiger partial charge is 0.263 e. The van der Waals surface area contributed by atoms with Gasteiger partial charge in [-0.15, -0.1) is 0 Å². The summed E-state index contributed by atoms with van der Waals surface area (Å²) < 4.78 is 6.24. The number of fused-ring (bicyclic) bond motifs is 1. The molecule has 1 saturated heterocycles. The van der Waals surface area contributed by atoms with Crippen molar-refractivity contribution in [2.45, 2.75) is 32.5 Å².